The molecule has 0 saturated carbocycles. The van der Waals surface area contributed by atoms with Crippen molar-refractivity contribution in [1.29, 1.82) is 0 Å². The average Bonchev–Trinajstić information content (AvgIpc) is 2.26. The summed E-state index contributed by atoms with van der Waals surface area (Å²) in [7, 11) is 3.35. The molecule has 84 valence electrons. The second-order valence-corrected chi connectivity index (χ2v) is 3.78. The van der Waals surface area contributed by atoms with Gasteiger partial charge in [-0.05, 0) is 19.4 Å². The van der Waals surface area contributed by atoms with Gasteiger partial charge < -0.3 is 15.2 Å². The van der Waals surface area contributed by atoms with Crippen molar-refractivity contribution >= 4 is 0 Å². The topological polar surface area (TPSA) is 47.7 Å². The molecule has 0 spiro atoms. The van der Waals surface area contributed by atoms with Crippen LogP contribution in [0.2, 0.25) is 0 Å². The van der Waals surface area contributed by atoms with Crippen LogP contribution >= 0.6 is 0 Å². The van der Waals surface area contributed by atoms with Crippen LogP contribution in [0.25, 0.3) is 0 Å². The lowest BCUT2D eigenvalue weighted by Crippen LogP contribution is -2.47. The molecule has 4 heteroatoms. The summed E-state index contributed by atoms with van der Waals surface area (Å²) in [5.41, 5.74) is 5.73. The van der Waals surface area contributed by atoms with Crippen LogP contribution in [0.1, 0.15) is 19.3 Å². The Labute approximate surface area is 86.3 Å². The van der Waals surface area contributed by atoms with Gasteiger partial charge in [0.15, 0.2) is 6.29 Å². The number of hydrogen-bond donors (Lipinski definition) is 1. The summed E-state index contributed by atoms with van der Waals surface area (Å²) in [4.78, 5) is 2.38. The van der Waals surface area contributed by atoms with Gasteiger partial charge >= 0.3 is 0 Å². The highest BCUT2D eigenvalue weighted by Gasteiger charge is 2.23. The standard InChI is InChI=1S/C10H22N2O2/c1-13-10(14-2)8-12-6-4-3-5-9(12)7-11/h9-10H,3-8,11H2,1-2H3. The zero-order valence-electron chi connectivity index (χ0n) is 9.24. The highest BCUT2D eigenvalue weighted by Crippen LogP contribution is 2.16. The molecular formula is C10H22N2O2. The normalized spacial score (nSPS) is 24.4. The maximum absolute atomic E-state index is 5.73. The molecule has 0 aliphatic carbocycles. The van der Waals surface area contributed by atoms with Crippen molar-refractivity contribution in [2.75, 3.05) is 33.9 Å². The minimum Gasteiger partial charge on any atom is -0.355 e. The Kier molecular flexibility index (Phi) is 5.40. The van der Waals surface area contributed by atoms with Gasteiger partial charge in [0.25, 0.3) is 0 Å². The smallest absolute Gasteiger partial charge is 0.169 e. The summed E-state index contributed by atoms with van der Waals surface area (Å²) in [6.07, 6.45) is 3.64. The van der Waals surface area contributed by atoms with Crippen LogP contribution in [-0.4, -0.2) is 51.1 Å². The van der Waals surface area contributed by atoms with E-state index in [4.69, 9.17) is 15.2 Å². The van der Waals surface area contributed by atoms with Crippen molar-refractivity contribution in [2.24, 2.45) is 5.73 Å². The van der Waals surface area contributed by atoms with Crippen molar-refractivity contribution in [2.45, 2.75) is 31.6 Å². The van der Waals surface area contributed by atoms with Crippen LogP contribution in [0.15, 0.2) is 0 Å². The fourth-order valence-corrected chi connectivity index (χ4v) is 2.00. The predicted molar refractivity (Wildman–Crippen MR) is 56.1 cm³/mol. The lowest BCUT2D eigenvalue weighted by molar-refractivity contribution is -0.122. The maximum atomic E-state index is 5.73. The second-order valence-electron chi connectivity index (χ2n) is 3.78. The molecule has 0 aromatic rings. The Morgan fingerprint density at radius 1 is 1.36 bits per heavy atom. The number of nitrogens with zero attached hydrogens (tertiary/aromatic N) is 1. The SMILES string of the molecule is COC(CN1CCCCC1CN)OC. The summed E-state index contributed by atoms with van der Waals surface area (Å²) in [5.74, 6) is 0. The van der Waals surface area contributed by atoms with Crippen LogP contribution in [-0.2, 0) is 9.47 Å². The molecule has 1 aliphatic heterocycles. The molecule has 1 rings (SSSR count). The number of piperidine rings is 1. The predicted octanol–water partition coefficient (Wildman–Crippen LogP) is 0.419. The van der Waals surface area contributed by atoms with Crippen molar-refractivity contribution in [1.82, 2.24) is 4.90 Å². The molecule has 1 fully saturated rings. The van der Waals surface area contributed by atoms with Gasteiger partial charge in [-0.15, -0.1) is 0 Å². The first-order valence-corrected chi connectivity index (χ1v) is 5.31. The van der Waals surface area contributed by atoms with Gasteiger partial charge in [0, 0.05) is 33.4 Å². The van der Waals surface area contributed by atoms with Crippen LogP contribution in [0, 0.1) is 0 Å². The Morgan fingerprint density at radius 2 is 2.07 bits per heavy atom. The Bertz CT molecular complexity index is 151. The third kappa shape index (κ3) is 3.20. The first-order chi connectivity index (χ1) is 6.81. The van der Waals surface area contributed by atoms with E-state index >= 15 is 0 Å². The fraction of sp³-hybridized carbons (Fsp3) is 1.00. The summed E-state index contributed by atoms with van der Waals surface area (Å²) in [6.45, 7) is 2.68. The summed E-state index contributed by atoms with van der Waals surface area (Å²) >= 11 is 0. The monoisotopic (exact) mass is 202 g/mol. The van der Waals surface area contributed by atoms with Crippen LogP contribution < -0.4 is 5.73 Å². The molecule has 2 N–H and O–H groups in total. The molecule has 0 bridgehead atoms. The fourth-order valence-electron chi connectivity index (χ4n) is 2.00. The molecule has 0 amide bonds. The third-order valence-electron chi connectivity index (χ3n) is 2.93. The van der Waals surface area contributed by atoms with E-state index in [0.29, 0.717) is 6.04 Å². The van der Waals surface area contributed by atoms with Crippen molar-refractivity contribution in [3.8, 4) is 0 Å². The van der Waals surface area contributed by atoms with E-state index in [2.05, 4.69) is 4.90 Å². The summed E-state index contributed by atoms with van der Waals surface area (Å²) in [5, 5.41) is 0. The third-order valence-corrected chi connectivity index (χ3v) is 2.93. The van der Waals surface area contributed by atoms with E-state index in [9.17, 15) is 0 Å². The molecule has 0 radical (unpaired) electrons. The van der Waals surface area contributed by atoms with Crippen molar-refractivity contribution in [3.63, 3.8) is 0 Å². The van der Waals surface area contributed by atoms with E-state index in [1.165, 1.54) is 19.3 Å². The number of rotatable bonds is 5. The van der Waals surface area contributed by atoms with Crippen LogP contribution in [0.3, 0.4) is 0 Å². The minimum atomic E-state index is -0.123. The highest BCUT2D eigenvalue weighted by molar-refractivity contribution is 4.78. The summed E-state index contributed by atoms with van der Waals surface area (Å²) in [6, 6.07) is 0.511. The van der Waals surface area contributed by atoms with E-state index in [1.807, 2.05) is 0 Å². The van der Waals surface area contributed by atoms with Gasteiger partial charge in [-0.3, -0.25) is 4.90 Å². The van der Waals surface area contributed by atoms with E-state index < -0.39 is 0 Å². The van der Waals surface area contributed by atoms with E-state index in [-0.39, 0.29) is 6.29 Å². The van der Waals surface area contributed by atoms with E-state index in [0.717, 1.165) is 19.6 Å². The van der Waals surface area contributed by atoms with Gasteiger partial charge in [-0.1, -0.05) is 6.42 Å². The molecule has 1 heterocycles. The number of hydrogen-bond acceptors (Lipinski definition) is 4. The lowest BCUT2D eigenvalue weighted by Gasteiger charge is -2.36. The molecule has 0 aromatic heterocycles. The summed E-state index contributed by atoms with van der Waals surface area (Å²) < 4.78 is 10.4. The van der Waals surface area contributed by atoms with Crippen molar-refractivity contribution in [3.05, 3.63) is 0 Å². The molecule has 0 aromatic carbocycles. The Morgan fingerprint density at radius 3 is 2.64 bits per heavy atom. The quantitative estimate of drug-likeness (QED) is 0.656. The number of likely N-dealkylation sites (tertiary alicyclic amines) is 1. The Hall–Kier alpha value is -0.160. The molecule has 1 unspecified atom stereocenters. The largest absolute Gasteiger partial charge is 0.355 e. The van der Waals surface area contributed by atoms with Crippen LogP contribution in [0.4, 0.5) is 0 Å². The maximum Gasteiger partial charge on any atom is 0.169 e. The zero-order valence-corrected chi connectivity index (χ0v) is 9.24. The number of ether oxygens (including phenoxy) is 2. The highest BCUT2D eigenvalue weighted by atomic mass is 16.7. The molecule has 1 aliphatic rings. The van der Waals surface area contributed by atoms with E-state index in [1.54, 1.807) is 14.2 Å². The Balaban J connectivity index is 2.39. The zero-order chi connectivity index (χ0) is 10.4. The molecule has 4 nitrogen and oxygen atoms in total. The minimum absolute atomic E-state index is 0.123. The molecular weight excluding hydrogens is 180 g/mol. The number of nitrogens with two attached hydrogens (primary N) is 1. The first kappa shape index (κ1) is 11.9. The van der Waals surface area contributed by atoms with Gasteiger partial charge in [-0.25, -0.2) is 0 Å². The molecule has 14 heavy (non-hydrogen) atoms. The molecule has 1 atom stereocenters. The second kappa shape index (κ2) is 6.35. The average molecular weight is 202 g/mol. The number of methoxy groups -OCH3 is 2. The van der Waals surface area contributed by atoms with Gasteiger partial charge in [0.1, 0.15) is 0 Å². The lowest BCUT2D eigenvalue weighted by atomic mass is 10.0. The molecule has 1 saturated heterocycles. The van der Waals surface area contributed by atoms with Gasteiger partial charge in [0.05, 0.1) is 0 Å². The van der Waals surface area contributed by atoms with Gasteiger partial charge in [0.2, 0.25) is 0 Å². The van der Waals surface area contributed by atoms with Crippen LogP contribution in [0.5, 0.6) is 0 Å². The van der Waals surface area contributed by atoms with Crippen molar-refractivity contribution < 1.29 is 9.47 Å². The van der Waals surface area contributed by atoms with Gasteiger partial charge in [-0.2, -0.15) is 0 Å². The first-order valence-electron chi connectivity index (χ1n) is 5.31.